The Bertz CT molecular complexity index is 351. The van der Waals surface area contributed by atoms with Gasteiger partial charge in [0.05, 0.1) is 25.2 Å². The third-order valence-corrected chi connectivity index (χ3v) is 1.78. The molecule has 2 amide bonds. The number of rotatable bonds is 5. The predicted octanol–water partition coefficient (Wildman–Crippen LogP) is -1.35. The number of aromatic nitrogens is 2. The molecule has 0 bridgehead atoms. The van der Waals surface area contributed by atoms with Gasteiger partial charge in [-0.1, -0.05) is 0 Å². The first kappa shape index (κ1) is 12.0. The molecular weight excluding hydrogens is 216 g/mol. The maximum absolute atomic E-state index is 11.2. The van der Waals surface area contributed by atoms with Crippen LogP contribution < -0.4 is 10.6 Å². The minimum Gasteiger partial charge on any atom is -0.480 e. The van der Waals surface area contributed by atoms with Crippen LogP contribution in [0.2, 0.25) is 0 Å². The van der Waals surface area contributed by atoms with Gasteiger partial charge in [-0.25, -0.2) is 14.6 Å². The second-order valence-corrected chi connectivity index (χ2v) is 2.98. The van der Waals surface area contributed by atoms with E-state index in [1.165, 1.54) is 12.5 Å². The number of H-pyrrole nitrogens is 1. The molecule has 5 N–H and O–H groups in total. The highest BCUT2D eigenvalue weighted by Crippen LogP contribution is 1.89. The Kier molecular flexibility index (Phi) is 4.28. The van der Waals surface area contributed by atoms with Crippen molar-refractivity contribution in [3.63, 3.8) is 0 Å². The molecule has 0 spiro atoms. The van der Waals surface area contributed by atoms with Gasteiger partial charge in [0.2, 0.25) is 0 Å². The summed E-state index contributed by atoms with van der Waals surface area (Å²) in [6, 6.07) is -1.97. The van der Waals surface area contributed by atoms with Crippen LogP contribution in [-0.2, 0) is 11.3 Å². The Labute approximate surface area is 90.7 Å². The molecule has 0 aliphatic rings. The Morgan fingerprint density at radius 3 is 2.81 bits per heavy atom. The molecule has 0 aliphatic heterocycles. The highest BCUT2D eigenvalue weighted by atomic mass is 16.4. The number of carbonyl (C=O) groups is 2. The van der Waals surface area contributed by atoms with Gasteiger partial charge in [-0.2, -0.15) is 0 Å². The number of aromatic amines is 1. The smallest absolute Gasteiger partial charge is 0.328 e. The maximum atomic E-state index is 11.2. The minimum atomic E-state index is -1.30. The van der Waals surface area contributed by atoms with Crippen molar-refractivity contribution in [2.24, 2.45) is 0 Å². The molecule has 88 valence electrons. The van der Waals surface area contributed by atoms with Gasteiger partial charge in [0.1, 0.15) is 0 Å². The topological polar surface area (TPSA) is 127 Å². The van der Waals surface area contributed by atoms with E-state index in [-0.39, 0.29) is 6.54 Å². The molecule has 1 aromatic heterocycles. The molecule has 1 aromatic rings. The molecule has 0 fully saturated rings. The number of carboxylic acids is 1. The number of amides is 2. The van der Waals surface area contributed by atoms with E-state index in [9.17, 15) is 9.59 Å². The van der Waals surface area contributed by atoms with Crippen molar-refractivity contribution in [3.8, 4) is 0 Å². The molecule has 1 heterocycles. The van der Waals surface area contributed by atoms with Crippen molar-refractivity contribution in [1.29, 1.82) is 0 Å². The van der Waals surface area contributed by atoms with Crippen LogP contribution >= 0.6 is 0 Å². The summed E-state index contributed by atoms with van der Waals surface area (Å²) >= 11 is 0. The first-order valence-corrected chi connectivity index (χ1v) is 4.48. The summed E-state index contributed by atoms with van der Waals surface area (Å²) in [6.45, 7) is -0.462. The van der Waals surface area contributed by atoms with Crippen LogP contribution in [0.25, 0.3) is 0 Å². The fraction of sp³-hybridized carbons (Fsp3) is 0.375. The molecule has 0 radical (unpaired) electrons. The number of hydrogen-bond acceptors (Lipinski definition) is 4. The van der Waals surface area contributed by atoms with Crippen LogP contribution in [0.4, 0.5) is 4.79 Å². The lowest BCUT2D eigenvalue weighted by atomic mass is 10.3. The Morgan fingerprint density at radius 1 is 1.56 bits per heavy atom. The molecule has 0 saturated carbocycles. The van der Waals surface area contributed by atoms with Crippen LogP contribution in [0.3, 0.4) is 0 Å². The monoisotopic (exact) mass is 228 g/mol. The van der Waals surface area contributed by atoms with Gasteiger partial charge >= 0.3 is 12.0 Å². The number of nitrogens with one attached hydrogen (secondary N) is 3. The number of urea groups is 1. The predicted molar refractivity (Wildman–Crippen MR) is 52.5 cm³/mol. The average Bonchev–Trinajstić information content (AvgIpc) is 2.75. The summed E-state index contributed by atoms with van der Waals surface area (Å²) in [5.74, 6) is -1.29. The lowest BCUT2D eigenvalue weighted by molar-refractivity contribution is -0.140. The lowest BCUT2D eigenvalue weighted by Gasteiger charge is -2.11. The Hall–Kier alpha value is -2.09. The zero-order chi connectivity index (χ0) is 12.0. The zero-order valence-electron chi connectivity index (χ0n) is 8.30. The molecular formula is C8H12N4O4. The van der Waals surface area contributed by atoms with E-state index in [1.54, 1.807) is 0 Å². The van der Waals surface area contributed by atoms with Gasteiger partial charge in [0, 0.05) is 6.20 Å². The van der Waals surface area contributed by atoms with Crippen molar-refractivity contribution in [1.82, 2.24) is 20.6 Å². The van der Waals surface area contributed by atoms with E-state index in [2.05, 4.69) is 20.6 Å². The second-order valence-electron chi connectivity index (χ2n) is 2.98. The molecule has 8 nitrogen and oxygen atoms in total. The summed E-state index contributed by atoms with van der Waals surface area (Å²) in [5, 5.41) is 21.7. The van der Waals surface area contributed by atoms with Crippen LogP contribution in [0, 0.1) is 0 Å². The molecule has 16 heavy (non-hydrogen) atoms. The quantitative estimate of drug-likeness (QED) is 0.426. The zero-order valence-corrected chi connectivity index (χ0v) is 8.30. The summed E-state index contributed by atoms with van der Waals surface area (Å²) in [7, 11) is 0. The molecule has 1 rings (SSSR count). The highest BCUT2D eigenvalue weighted by molar-refractivity contribution is 5.82. The number of hydrogen-bond donors (Lipinski definition) is 5. The van der Waals surface area contributed by atoms with Gasteiger partial charge in [0.25, 0.3) is 0 Å². The maximum Gasteiger partial charge on any atom is 0.328 e. The fourth-order valence-corrected chi connectivity index (χ4v) is 0.952. The molecule has 0 saturated heterocycles. The van der Waals surface area contributed by atoms with E-state index in [1.807, 2.05) is 0 Å². The number of carboxylic acid groups (broad SMARTS) is 1. The van der Waals surface area contributed by atoms with Crippen molar-refractivity contribution in [2.75, 3.05) is 6.61 Å². The normalized spacial score (nSPS) is 11.8. The number of nitrogens with zero attached hydrogens (tertiary/aromatic N) is 1. The second kappa shape index (κ2) is 5.71. The van der Waals surface area contributed by atoms with E-state index in [4.69, 9.17) is 10.2 Å². The van der Waals surface area contributed by atoms with Gasteiger partial charge in [0.15, 0.2) is 6.04 Å². The van der Waals surface area contributed by atoms with Crippen LogP contribution in [0.5, 0.6) is 0 Å². The Morgan fingerprint density at radius 2 is 2.31 bits per heavy atom. The fourth-order valence-electron chi connectivity index (χ4n) is 0.952. The minimum absolute atomic E-state index is 0.198. The van der Waals surface area contributed by atoms with E-state index < -0.39 is 24.6 Å². The summed E-state index contributed by atoms with van der Waals surface area (Å²) < 4.78 is 0. The summed E-state index contributed by atoms with van der Waals surface area (Å²) in [5.41, 5.74) is 0.686. The van der Waals surface area contributed by atoms with Crippen molar-refractivity contribution >= 4 is 12.0 Å². The van der Waals surface area contributed by atoms with Gasteiger partial charge in [-0.15, -0.1) is 0 Å². The number of imidazole rings is 1. The van der Waals surface area contributed by atoms with E-state index >= 15 is 0 Å². The lowest BCUT2D eigenvalue weighted by Crippen LogP contribution is -2.47. The van der Waals surface area contributed by atoms with Crippen molar-refractivity contribution in [3.05, 3.63) is 18.2 Å². The number of aliphatic hydroxyl groups is 1. The molecule has 0 aliphatic carbocycles. The van der Waals surface area contributed by atoms with E-state index in [0.29, 0.717) is 5.69 Å². The number of carbonyl (C=O) groups excluding carboxylic acids is 1. The Balaban J connectivity index is 2.33. The van der Waals surface area contributed by atoms with Crippen molar-refractivity contribution in [2.45, 2.75) is 12.6 Å². The summed E-state index contributed by atoms with van der Waals surface area (Å²) in [4.78, 5) is 28.2. The van der Waals surface area contributed by atoms with Gasteiger partial charge < -0.3 is 25.8 Å². The summed E-state index contributed by atoms with van der Waals surface area (Å²) in [6.07, 6.45) is 2.99. The molecule has 0 aromatic carbocycles. The SMILES string of the molecule is O=C(NCc1cnc[nH]1)N[C@@H](CO)C(=O)O. The molecule has 8 heteroatoms. The van der Waals surface area contributed by atoms with Crippen molar-refractivity contribution < 1.29 is 19.8 Å². The first-order valence-electron chi connectivity index (χ1n) is 4.48. The average molecular weight is 228 g/mol. The van der Waals surface area contributed by atoms with Crippen LogP contribution in [0.1, 0.15) is 5.69 Å². The first-order chi connectivity index (χ1) is 7.63. The van der Waals surface area contributed by atoms with Crippen LogP contribution in [-0.4, -0.2) is 44.8 Å². The van der Waals surface area contributed by atoms with E-state index in [0.717, 1.165) is 0 Å². The number of aliphatic hydroxyl groups excluding tert-OH is 1. The van der Waals surface area contributed by atoms with Gasteiger partial charge in [-0.3, -0.25) is 0 Å². The molecule has 0 unspecified atom stereocenters. The third kappa shape index (κ3) is 3.58. The third-order valence-electron chi connectivity index (χ3n) is 1.78. The molecule has 1 atom stereocenters. The highest BCUT2D eigenvalue weighted by Gasteiger charge is 2.18. The largest absolute Gasteiger partial charge is 0.480 e. The van der Waals surface area contributed by atoms with Gasteiger partial charge in [-0.05, 0) is 0 Å². The van der Waals surface area contributed by atoms with Crippen LogP contribution in [0.15, 0.2) is 12.5 Å². The number of aliphatic carboxylic acids is 1. The standard InChI is InChI=1S/C8H12N4O4/c13-3-6(7(14)15)12-8(16)10-2-5-1-9-4-11-5/h1,4,6,13H,2-3H2,(H,9,11)(H,14,15)(H2,10,12,16)/t6-/m0/s1.